The average Bonchev–Trinajstić information content (AvgIpc) is 2.63. The first-order valence-corrected chi connectivity index (χ1v) is 10.6. The fourth-order valence-corrected chi connectivity index (χ4v) is 7.06. The van der Waals surface area contributed by atoms with Gasteiger partial charge in [0.05, 0.1) is 0 Å². The zero-order chi connectivity index (χ0) is 16.3. The molecule has 0 radical (unpaired) electrons. The van der Waals surface area contributed by atoms with Gasteiger partial charge < -0.3 is 0 Å². The summed E-state index contributed by atoms with van der Waals surface area (Å²) >= 11 is 0. The number of hydrogen-bond donors (Lipinski definition) is 0. The molecule has 0 heterocycles. The Kier molecular flexibility index (Phi) is 5.39. The summed E-state index contributed by atoms with van der Waals surface area (Å²) in [5.74, 6) is 1.84. The Balaban J connectivity index is 2.06. The molecule has 0 amide bonds. The predicted molar refractivity (Wildman–Crippen MR) is 101 cm³/mol. The molecule has 3 aliphatic carbocycles. The molecule has 3 rings (SSSR count). The number of allylic oxidation sites excluding steroid dienone is 4. The normalized spacial score (nSPS) is 36.9. The molecular formula is C23H38. The molecule has 130 valence electrons. The number of hydrogen-bond acceptors (Lipinski definition) is 0. The van der Waals surface area contributed by atoms with Crippen LogP contribution in [0, 0.1) is 22.7 Å². The summed E-state index contributed by atoms with van der Waals surface area (Å²) in [6.45, 7) is 7.46. The first-order valence-electron chi connectivity index (χ1n) is 10.6. The summed E-state index contributed by atoms with van der Waals surface area (Å²) in [5, 5.41) is 0. The van der Waals surface area contributed by atoms with Gasteiger partial charge in [0.25, 0.3) is 0 Å². The van der Waals surface area contributed by atoms with E-state index in [1.807, 2.05) is 0 Å². The van der Waals surface area contributed by atoms with Gasteiger partial charge in [0.15, 0.2) is 0 Å². The van der Waals surface area contributed by atoms with Crippen LogP contribution in [0.15, 0.2) is 23.8 Å². The smallest absolute Gasteiger partial charge is 0.00314 e. The second-order valence-electron chi connectivity index (χ2n) is 8.60. The van der Waals surface area contributed by atoms with Crippen molar-refractivity contribution in [1.82, 2.24) is 0 Å². The van der Waals surface area contributed by atoms with Crippen LogP contribution in [-0.2, 0) is 0 Å². The van der Waals surface area contributed by atoms with Gasteiger partial charge in [0.1, 0.15) is 0 Å². The van der Waals surface area contributed by atoms with Crippen molar-refractivity contribution < 1.29 is 0 Å². The van der Waals surface area contributed by atoms with Crippen molar-refractivity contribution in [1.29, 1.82) is 0 Å². The summed E-state index contributed by atoms with van der Waals surface area (Å²) < 4.78 is 0. The Morgan fingerprint density at radius 3 is 1.91 bits per heavy atom. The minimum Gasteiger partial charge on any atom is -0.0772 e. The third-order valence-corrected chi connectivity index (χ3v) is 8.05. The lowest BCUT2D eigenvalue weighted by molar-refractivity contribution is -0.0362. The third-order valence-electron chi connectivity index (χ3n) is 8.05. The van der Waals surface area contributed by atoms with Gasteiger partial charge in [-0.25, -0.2) is 0 Å². The summed E-state index contributed by atoms with van der Waals surface area (Å²) in [6, 6.07) is 0. The van der Waals surface area contributed by atoms with Crippen molar-refractivity contribution in [3.8, 4) is 0 Å². The van der Waals surface area contributed by atoms with E-state index in [1.54, 1.807) is 5.57 Å². The molecular weight excluding hydrogens is 276 g/mol. The van der Waals surface area contributed by atoms with Gasteiger partial charge >= 0.3 is 0 Å². The largest absolute Gasteiger partial charge is 0.0772 e. The van der Waals surface area contributed by atoms with Crippen molar-refractivity contribution in [2.24, 2.45) is 22.7 Å². The Morgan fingerprint density at radius 1 is 0.826 bits per heavy atom. The molecule has 2 atom stereocenters. The molecule has 0 spiro atoms. The lowest BCUT2D eigenvalue weighted by Crippen LogP contribution is -2.52. The Morgan fingerprint density at radius 2 is 1.39 bits per heavy atom. The topological polar surface area (TPSA) is 0 Å². The van der Waals surface area contributed by atoms with Crippen molar-refractivity contribution in [2.75, 3.05) is 0 Å². The van der Waals surface area contributed by atoms with Gasteiger partial charge in [-0.05, 0) is 57.3 Å². The first-order chi connectivity index (χ1) is 11.2. The first kappa shape index (κ1) is 17.3. The predicted octanol–water partition coefficient (Wildman–Crippen LogP) is 7.46. The monoisotopic (exact) mass is 314 g/mol. The van der Waals surface area contributed by atoms with Crippen molar-refractivity contribution in [3.05, 3.63) is 23.8 Å². The van der Waals surface area contributed by atoms with E-state index in [9.17, 15) is 0 Å². The molecule has 0 aliphatic heterocycles. The lowest BCUT2D eigenvalue weighted by atomic mass is 9.44. The fraction of sp³-hybridized carbons (Fsp3) is 0.826. The van der Waals surface area contributed by atoms with Crippen LogP contribution in [0.1, 0.15) is 97.8 Å². The van der Waals surface area contributed by atoms with Gasteiger partial charge in [-0.2, -0.15) is 0 Å². The van der Waals surface area contributed by atoms with E-state index in [1.165, 1.54) is 77.0 Å². The van der Waals surface area contributed by atoms with Crippen LogP contribution in [0.4, 0.5) is 0 Å². The van der Waals surface area contributed by atoms with E-state index < -0.39 is 0 Å². The number of rotatable bonds is 4. The molecule has 0 nitrogen and oxygen atoms in total. The highest BCUT2D eigenvalue weighted by molar-refractivity contribution is 5.34. The molecule has 2 unspecified atom stereocenters. The van der Waals surface area contributed by atoms with Crippen LogP contribution in [0.25, 0.3) is 0 Å². The average molecular weight is 315 g/mol. The molecule has 3 aliphatic rings. The molecule has 0 aromatic carbocycles. The maximum atomic E-state index is 2.69. The molecule has 23 heavy (non-hydrogen) atoms. The minimum atomic E-state index is 0.434. The minimum absolute atomic E-state index is 0.434. The molecule has 0 heteroatoms. The quantitative estimate of drug-likeness (QED) is 0.505. The Hall–Kier alpha value is -0.520. The molecule has 0 saturated heterocycles. The van der Waals surface area contributed by atoms with Crippen LogP contribution in [0.5, 0.6) is 0 Å². The third kappa shape index (κ3) is 2.65. The molecule has 2 fully saturated rings. The zero-order valence-corrected chi connectivity index (χ0v) is 15.9. The van der Waals surface area contributed by atoms with Gasteiger partial charge in [-0.15, -0.1) is 0 Å². The van der Waals surface area contributed by atoms with E-state index in [0.29, 0.717) is 10.8 Å². The zero-order valence-electron chi connectivity index (χ0n) is 15.9. The second-order valence-corrected chi connectivity index (χ2v) is 8.60. The summed E-state index contributed by atoms with van der Waals surface area (Å²) in [4.78, 5) is 0. The lowest BCUT2D eigenvalue weighted by Gasteiger charge is -2.60. The summed E-state index contributed by atoms with van der Waals surface area (Å²) in [7, 11) is 0. The van der Waals surface area contributed by atoms with Crippen LogP contribution in [0.2, 0.25) is 0 Å². The van der Waals surface area contributed by atoms with E-state index in [-0.39, 0.29) is 0 Å². The second kappa shape index (κ2) is 7.16. The summed E-state index contributed by atoms with van der Waals surface area (Å²) in [5.41, 5.74) is 2.59. The van der Waals surface area contributed by atoms with Gasteiger partial charge in [0, 0.05) is 10.8 Å². The Bertz CT molecular complexity index is 445. The molecule has 0 bridgehead atoms. The summed E-state index contributed by atoms with van der Waals surface area (Å²) in [6.07, 6.45) is 24.9. The van der Waals surface area contributed by atoms with E-state index in [2.05, 4.69) is 39.0 Å². The highest BCUT2D eigenvalue weighted by Gasteiger charge is 2.56. The maximum absolute atomic E-state index is 2.69. The van der Waals surface area contributed by atoms with Crippen LogP contribution < -0.4 is 0 Å². The molecule has 0 aromatic heterocycles. The van der Waals surface area contributed by atoms with Crippen LogP contribution in [-0.4, -0.2) is 0 Å². The standard InChI is InChI=1S/C23H38/c1-4-22(20-14-8-6-9-15-20)18-12-13-19(3)23(22,5-2)21-16-10-7-11-17-21/h12-13,18,20-21H,4-11,14-17H2,1-3H3. The fourth-order valence-electron chi connectivity index (χ4n) is 7.06. The molecule has 0 N–H and O–H groups in total. The van der Waals surface area contributed by atoms with Crippen molar-refractivity contribution in [3.63, 3.8) is 0 Å². The highest BCUT2D eigenvalue weighted by atomic mass is 14.6. The van der Waals surface area contributed by atoms with Crippen molar-refractivity contribution in [2.45, 2.75) is 97.8 Å². The Labute approximate surface area is 144 Å². The van der Waals surface area contributed by atoms with E-state index >= 15 is 0 Å². The van der Waals surface area contributed by atoms with Gasteiger partial charge in [-0.1, -0.05) is 76.2 Å². The SMILES string of the molecule is CCC1(C2CCCCC2)C=CC=C(C)C1(CC)C1CCCCC1. The molecule has 0 aromatic rings. The van der Waals surface area contributed by atoms with E-state index in [0.717, 1.165) is 11.8 Å². The van der Waals surface area contributed by atoms with Crippen molar-refractivity contribution >= 4 is 0 Å². The van der Waals surface area contributed by atoms with Gasteiger partial charge in [-0.3, -0.25) is 0 Å². The van der Waals surface area contributed by atoms with Gasteiger partial charge in [0.2, 0.25) is 0 Å². The maximum Gasteiger partial charge on any atom is 0.00314 e. The highest BCUT2D eigenvalue weighted by Crippen LogP contribution is 2.65. The van der Waals surface area contributed by atoms with E-state index in [4.69, 9.17) is 0 Å². The molecule has 2 saturated carbocycles. The van der Waals surface area contributed by atoms with Crippen LogP contribution >= 0.6 is 0 Å². The van der Waals surface area contributed by atoms with Crippen LogP contribution in [0.3, 0.4) is 0 Å².